The van der Waals surface area contributed by atoms with Crippen LogP contribution in [0.4, 0.5) is 0 Å². The van der Waals surface area contributed by atoms with E-state index in [0.717, 1.165) is 49.2 Å². The molecule has 0 bridgehead atoms. The lowest BCUT2D eigenvalue weighted by Gasteiger charge is -2.18. The fourth-order valence-electron chi connectivity index (χ4n) is 5.12. The van der Waals surface area contributed by atoms with Gasteiger partial charge in [0, 0.05) is 10.8 Å². The quantitative estimate of drug-likeness (QED) is 0.175. The molecule has 0 N–H and O–H groups in total. The van der Waals surface area contributed by atoms with E-state index in [2.05, 4.69) is 24.3 Å². The van der Waals surface area contributed by atoms with Gasteiger partial charge in [0.05, 0.1) is 37.6 Å². The summed E-state index contributed by atoms with van der Waals surface area (Å²) in [5, 5.41) is 7.36. The summed E-state index contributed by atoms with van der Waals surface area (Å²) in [6, 6.07) is 19.6. The molecule has 0 aliphatic heterocycles. The average Bonchev–Trinajstić information content (AvgIpc) is 2.90. The minimum absolute atomic E-state index is 0.0255. The smallest absolute Gasteiger partial charge is 0.339 e. The van der Waals surface area contributed by atoms with Crippen LogP contribution < -0.4 is 9.47 Å². The second kappa shape index (κ2) is 9.86. The van der Waals surface area contributed by atoms with Crippen LogP contribution in [-0.2, 0) is 9.47 Å². The summed E-state index contributed by atoms with van der Waals surface area (Å²) in [5.41, 5.74) is 0.345. The second-order valence-corrected chi connectivity index (χ2v) is 9.81. The zero-order chi connectivity index (χ0) is 27.1. The van der Waals surface area contributed by atoms with E-state index >= 15 is 0 Å². The molecule has 0 heterocycles. The number of benzene rings is 5. The molecule has 0 amide bonds. The first-order chi connectivity index (χ1) is 18.2. The van der Waals surface area contributed by atoms with Gasteiger partial charge in [-0.3, -0.25) is 0 Å². The fraction of sp³-hybridized carbons (Fsp3) is 0.250. The molecule has 0 aliphatic carbocycles. The Morgan fingerprint density at radius 2 is 1.24 bits per heavy atom. The lowest BCUT2D eigenvalue weighted by molar-refractivity contribution is 0.0557. The van der Waals surface area contributed by atoms with Gasteiger partial charge < -0.3 is 18.9 Å². The van der Waals surface area contributed by atoms with Gasteiger partial charge >= 0.3 is 11.9 Å². The number of rotatable bonds is 6. The molecule has 5 aromatic carbocycles. The summed E-state index contributed by atoms with van der Waals surface area (Å²) >= 11 is 0. The number of ether oxygens (including phenoxy) is 4. The molecule has 0 unspecified atom stereocenters. The number of carbonyl (C=O) groups is 2. The predicted molar refractivity (Wildman–Crippen MR) is 151 cm³/mol. The van der Waals surface area contributed by atoms with Gasteiger partial charge in [-0.15, -0.1) is 0 Å². The number of hydrogen-bond acceptors (Lipinski definition) is 6. The van der Waals surface area contributed by atoms with Crippen molar-refractivity contribution in [2.24, 2.45) is 0 Å². The van der Waals surface area contributed by atoms with Crippen molar-refractivity contribution >= 4 is 55.0 Å². The minimum atomic E-state index is -0.597. The molecule has 0 saturated heterocycles. The maximum absolute atomic E-state index is 12.9. The molecule has 0 fully saturated rings. The van der Waals surface area contributed by atoms with E-state index in [1.807, 2.05) is 58.0 Å². The maximum Gasteiger partial charge on any atom is 0.339 e. The third-order valence-corrected chi connectivity index (χ3v) is 6.56. The Balaban J connectivity index is 1.97. The van der Waals surface area contributed by atoms with Crippen molar-refractivity contribution < 1.29 is 28.5 Å². The van der Waals surface area contributed by atoms with Crippen molar-refractivity contribution in [2.75, 3.05) is 14.2 Å². The number of carbonyl (C=O) groups excluding carboxylic acids is 2. The predicted octanol–water partition coefficient (Wildman–Crippen LogP) is 7.45. The van der Waals surface area contributed by atoms with E-state index in [9.17, 15) is 9.59 Å². The first kappa shape index (κ1) is 25.3. The van der Waals surface area contributed by atoms with Gasteiger partial charge in [0.25, 0.3) is 0 Å². The van der Waals surface area contributed by atoms with Crippen LogP contribution in [0.1, 0.15) is 48.4 Å². The van der Waals surface area contributed by atoms with Crippen LogP contribution in [0.15, 0.2) is 60.7 Å². The first-order valence-electron chi connectivity index (χ1n) is 12.6. The summed E-state index contributed by atoms with van der Waals surface area (Å²) in [7, 11) is 2.60. The summed E-state index contributed by atoms with van der Waals surface area (Å²) in [4.78, 5) is 25.5. The molecule has 6 heteroatoms. The van der Waals surface area contributed by atoms with E-state index in [4.69, 9.17) is 18.9 Å². The highest BCUT2D eigenvalue weighted by Gasteiger charge is 2.23. The first-order valence-corrected chi connectivity index (χ1v) is 12.6. The summed E-state index contributed by atoms with van der Waals surface area (Å²) in [6.45, 7) is 8.00. The molecule has 0 spiro atoms. The zero-order valence-corrected chi connectivity index (χ0v) is 22.4. The van der Waals surface area contributed by atoms with Crippen LogP contribution in [0.2, 0.25) is 0 Å². The number of methoxy groups -OCH3 is 2. The number of fused-ring (bicyclic) bond motifs is 7. The van der Waals surface area contributed by atoms with Gasteiger partial charge in [-0.05, 0) is 90.3 Å². The Morgan fingerprint density at radius 3 is 1.89 bits per heavy atom. The molecule has 194 valence electrons. The minimum Gasteiger partial charge on any atom is -0.491 e. The van der Waals surface area contributed by atoms with E-state index in [-0.39, 0.29) is 23.3 Å². The van der Waals surface area contributed by atoms with Crippen LogP contribution in [-0.4, -0.2) is 38.4 Å². The number of esters is 2. The molecule has 0 saturated carbocycles. The molecule has 38 heavy (non-hydrogen) atoms. The largest absolute Gasteiger partial charge is 0.491 e. The van der Waals surface area contributed by atoms with Crippen LogP contribution in [0.25, 0.3) is 43.1 Å². The second-order valence-electron chi connectivity index (χ2n) is 9.81. The standard InChI is InChI=1S/C32H30O6/c1-17(2)37-21-9-12-22-20(15-21)16-27(38-18(3)4)25-11-8-19-7-10-24-23(28(19)29(22)25)13-14-26(31(33)35-5)30(24)32(34)36-6/h7-18H,1-6H3. The van der Waals surface area contributed by atoms with Crippen molar-refractivity contribution in [3.63, 3.8) is 0 Å². The highest BCUT2D eigenvalue weighted by molar-refractivity contribution is 6.30. The third kappa shape index (κ3) is 4.26. The van der Waals surface area contributed by atoms with Gasteiger partial charge in [-0.25, -0.2) is 9.59 Å². The van der Waals surface area contributed by atoms with Crippen molar-refractivity contribution in [3.05, 3.63) is 71.8 Å². The molecule has 0 aromatic heterocycles. The van der Waals surface area contributed by atoms with Crippen LogP contribution in [0.3, 0.4) is 0 Å². The molecule has 5 rings (SSSR count). The van der Waals surface area contributed by atoms with Crippen molar-refractivity contribution in [1.82, 2.24) is 0 Å². The fourth-order valence-corrected chi connectivity index (χ4v) is 5.12. The Morgan fingerprint density at radius 1 is 0.605 bits per heavy atom. The Kier molecular flexibility index (Phi) is 6.57. The van der Waals surface area contributed by atoms with Gasteiger partial charge in [-0.2, -0.15) is 0 Å². The van der Waals surface area contributed by atoms with E-state index in [0.29, 0.717) is 5.39 Å². The lowest BCUT2D eigenvalue weighted by Crippen LogP contribution is -2.12. The van der Waals surface area contributed by atoms with Gasteiger partial charge in [0.1, 0.15) is 11.5 Å². The topological polar surface area (TPSA) is 71.1 Å². The van der Waals surface area contributed by atoms with Crippen LogP contribution in [0, 0.1) is 0 Å². The Labute approximate surface area is 221 Å². The summed E-state index contributed by atoms with van der Waals surface area (Å²) < 4.78 is 22.3. The van der Waals surface area contributed by atoms with Crippen LogP contribution >= 0.6 is 0 Å². The third-order valence-electron chi connectivity index (χ3n) is 6.56. The molecule has 0 atom stereocenters. The molecule has 0 radical (unpaired) electrons. The van der Waals surface area contributed by atoms with Gasteiger partial charge in [0.15, 0.2) is 0 Å². The van der Waals surface area contributed by atoms with Crippen molar-refractivity contribution in [1.29, 1.82) is 0 Å². The molecular formula is C32H30O6. The normalized spacial score (nSPS) is 11.6. The van der Waals surface area contributed by atoms with Gasteiger partial charge in [-0.1, -0.05) is 30.3 Å². The Bertz CT molecular complexity index is 1730. The molecule has 0 aliphatic rings. The highest BCUT2D eigenvalue weighted by Crippen LogP contribution is 2.42. The molecule has 5 aromatic rings. The monoisotopic (exact) mass is 510 g/mol. The zero-order valence-electron chi connectivity index (χ0n) is 22.4. The SMILES string of the molecule is COC(=O)c1ccc2c(ccc3ccc4c(OC(C)C)cc5cc(OC(C)C)ccc5c4c32)c1C(=O)OC. The highest BCUT2D eigenvalue weighted by atomic mass is 16.5. The average molecular weight is 511 g/mol. The van der Waals surface area contributed by atoms with E-state index < -0.39 is 11.9 Å². The summed E-state index contributed by atoms with van der Waals surface area (Å²) in [5.74, 6) is 0.353. The van der Waals surface area contributed by atoms with Gasteiger partial charge in [0.2, 0.25) is 0 Å². The van der Waals surface area contributed by atoms with E-state index in [1.54, 1.807) is 6.07 Å². The Hall–Kier alpha value is -4.32. The van der Waals surface area contributed by atoms with Crippen LogP contribution in [0.5, 0.6) is 11.5 Å². The lowest BCUT2D eigenvalue weighted by atomic mass is 9.90. The van der Waals surface area contributed by atoms with Crippen molar-refractivity contribution in [2.45, 2.75) is 39.9 Å². The van der Waals surface area contributed by atoms with E-state index in [1.165, 1.54) is 14.2 Å². The molecular weight excluding hydrogens is 480 g/mol. The maximum atomic E-state index is 12.9. The van der Waals surface area contributed by atoms with Crippen molar-refractivity contribution in [3.8, 4) is 11.5 Å². The number of hydrogen-bond donors (Lipinski definition) is 0. The summed E-state index contributed by atoms with van der Waals surface area (Å²) in [6.07, 6.45) is 0.0207. The molecule has 6 nitrogen and oxygen atoms in total.